The van der Waals surface area contributed by atoms with Crippen LogP contribution >= 0.6 is 11.6 Å². The summed E-state index contributed by atoms with van der Waals surface area (Å²) in [6.45, 7) is 2.11. The van der Waals surface area contributed by atoms with Gasteiger partial charge in [-0.2, -0.15) is 0 Å². The van der Waals surface area contributed by atoms with Crippen LogP contribution in [-0.4, -0.2) is 39.4 Å². The highest BCUT2D eigenvalue weighted by atomic mass is 35.5. The molecule has 0 amide bonds. The first kappa shape index (κ1) is 17.8. The van der Waals surface area contributed by atoms with Crippen molar-refractivity contribution in [1.82, 2.24) is 0 Å². The molecule has 5 heteroatoms. The van der Waals surface area contributed by atoms with Gasteiger partial charge < -0.3 is 14.2 Å². The number of hydrogen-bond donors (Lipinski definition) is 0. The summed E-state index contributed by atoms with van der Waals surface area (Å²) in [4.78, 5) is 0. The fraction of sp³-hybridized carbons (Fsp3) is 0.500. The van der Waals surface area contributed by atoms with Crippen LogP contribution in [-0.2, 0) is 9.47 Å². The summed E-state index contributed by atoms with van der Waals surface area (Å²) in [6, 6.07) is 4.40. The fourth-order valence-electron chi connectivity index (χ4n) is 1.56. The van der Waals surface area contributed by atoms with Crippen LogP contribution in [0.2, 0.25) is 0 Å². The first-order valence-corrected chi connectivity index (χ1v) is 7.34. The Bertz CT molecular complexity index is 468. The second-order valence-corrected chi connectivity index (χ2v) is 4.60. The van der Waals surface area contributed by atoms with Gasteiger partial charge >= 0.3 is 0 Å². The predicted octanol–water partition coefficient (Wildman–Crippen LogP) is 3.24. The summed E-state index contributed by atoms with van der Waals surface area (Å²) in [5, 5.41) is 0. The smallest absolute Gasteiger partial charge is 0.128 e. The molecule has 0 saturated heterocycles. The molecular weight excluding hydrogens is 295 g/mol. The third-order valence-corrected chi connectivity index (χ3v) is 2.65. The van der Waals surface area contributed by atoms with E-state index < -0.39 is 0 Å². The molecule has 0 aliphatic heterocycles. The second-order valence-electron chi connectivity index (χ2n) is 4.22. The summed E-state index contributed by atoms with van der Waals surface area (Å²) in [5.74, 6) is 6.26. The highest BCUT2D eigenvalue weighted by Crippen LogP contribution is 2.15. The van der Waals surface area contributed by atoms with Gasteiger partial charge in [-0.15, -0.1) is 11.6 Å². The summed E-state index contributed by atoms with van der Waals surface area (Å²) in [5.41, 5.74) is 0.580. The maximum atomic E-state index is 13.4. The van der Waals surface area contributed by atoms with Crippen molar-refractivity contribution < 1.29 is 18.6 Å². The number of hydrogen-bond acceptors (Lipinski definition) is 3. The topological polar surface area (TPSA) is 27.7 Å². The van der Waals surface area contributed by atoms with E-state index in [0.29, 0.717) is 50.0 Å². The van der Waals surface area contributed by atoms with E-state index >= 15 is 0 Å². The van der Waals surface area contributed by atoms with E-state index in [0.717, 1.165) is 6.42 Å². The molecule has 0 aliphatic carbocycles. The Morgan fingerprint density at radius 2 is 2.00 bits per heavy atom. The van der Waals surface area contributed by atoms with Gasteiger partial charge in [0.2, 0.25) is 0 Å². The van der Waals surface area contributed by atoms with Crippen molar-refractivity contribution >= 4 is 11.6 Å². The van der Waals surface area contributed by atoms with Crippen LogP contribution in [0.5, 0.6) is 5.75 Å². The second kappa shape index (κ2) is 11.4. The number of rotatable bonds is 9. The average molecular weight is 315 g/mol. The van der Waals surface area contributed by atoms with Crippen molar-refractivity contribution in [1.29, 1.82) is 0 Å². The van der Waals surface area contributed by atoms with Crippen LogP contribution < -0.4 is 4.74 Å². The fourth-order valence-corrected chi connectivity index (χ4v) is 1.65. The Morgan fingerprint density at radius 1 is 1.14 bits per heavy atom. The molecule has 0 atom stereocenters. The standard InChI is InChI=1S/C16H20ClFO3/c1-19-7-4-8-20-9-10-21-16-12-14(5-2-3-6-17)11-15(18)13-16/h11-13H,3-4,6-10H2,1H3. The molecule has 0 radical (unpaired) electrons. The van der Waals surface area contributed by atoms with Crippen molar-refractivity contribution in [3.05, 3.63) is 29.6 Å². The Labute approximate surface area is 130 Å². The van der Waals surface area contributed by atoms with E-state index in [2.05, 4.69) is 11.8 Å². The van der Waals surface area contributed by atoms with E-state index in [-0.39, 0.29) is 5.82 Å². The molecule has 0 N–H and O–H groups in total. The lowest BCUT2D eigenvalue weighted by Crippen LogP contribution is -2.08. The zero-order chi connectivity index (χ0) is 15.3. The minimum Gasteiger partial charge on any atom is -0.491 e. The Hall–Kier alpha value is -1.28. The van der Waals surface area contributed by atoms with Crippen LogP contribution in [0.25, 0.3) is 0 Å². The SMILES string of the molecule is COCCCOCCOc1cc(F)cc(C#CCCCl)c1. The van der Waals surface area contributed by atoms with Crippen LogP contribution in [0.1, 0.15) is 18.4 Å². The summed E-state index contributed by atoms with van der Waals surface area (Å²) < 4.78 is 29.1. The minimum absolute atomic E-state index is 0.366. The molecular formula is C16H20ClFO3. The van der Waals surface area contributed by atoms with Gasteiger partial charge in [-0.25, -0.2) is 4.39 Å². The summed E-state index contributed by atoms with van der Waals surface area (Å²) in [6.07, 6.45) is 1.42. The molecule has 0 fully saturated rings. The quantitative estimate of drug-likeness (QED) is 0.398. The highest BCUT2D eigenvalue weighted by molar-refractivity contribution is 6.18. The van der Waals surface area contributed by atoms with Gasteiger partial charge in [0.15, 0.2) is 0 Å². The van der Waals surface area contributed by atoms with Gasteiger partial charge in [0.1, 0.15) is 18.2 Å². The Balaban J connectivity index is 2.36. The van der Waals surface area contributed by atoms with E-state index in [1.54, 1.807) is 13.2 Å². The molecule has 0 saturated carbocycles. The van der Waals surface area contributed by atoms with Gasteiger partial charge in [0.05, 0.1) is 6.61 Å². The van der Waals surface area contributed by atoms with Gasteiger partial charge in [-0.1, -0.05) is 11.8 Å². The molecule has 0 aromatic heterocycles. The zero-order valence-corrected chi connectivity index (χ0v) is 12.9. The molecule has 0 spiro atoms. The van der Waals surface area contributed by atoms with Crippen LogP contribution in [0, 0.1) is 17.7 Å². The van der Waals surface area contributed by atoms with Crippen molar-refractivity contribution in [2.75, 3.05) is 39.4 Å². The molecule has 0 aliphatic rings. The molecule has 1 aromatic carbocycles. The normalized spacial score (nSPS) is 10.0. The number of halogens is 2. The maximum Gasteiger partial charge on any atom is 0.128 e. The lowest BCUT2D eigenvalue weighted by Gasteiger charge is -2.07. The van der Waals surface area contributed by atoms with Gasteiger partial charge in [-0.3, -0.25) is 0 Å². The van der Waals surface area contributed by atoms with E-state index in [4.69, 9.17) is 25.8 Å². The van der Waals surface area contributed by atoms with E-state index in [1.807, 2.05) is 0 Å². The zero-order valence-electron chi connectivity index (χ0n) is 12.2. The van der Waals surface area contributed by atoms with Crippen molar-refractivity contribution in [3.63, 3.8) is 0 Å². The number of alkyl halides is 1. The van der Waals surface area contributed by atoms with Gasteiger partial charge in [0.25, 0.3) is 0 Å². The Kier molecular flexibility index (Phi) is 9.64. The summed E-state index contributed by atoms with van der Waals surface area (Å²) in [7, 11) is 1.65. The van der Waals surface area contributed by atoms with Crippen molar-refractivity contribution in [3.8, 4) is 17.6 Å². The molecule has 0 unspecified atom stereocenters. The summed E-state index contributed by atoms with van der Waals surface area (Å²) >= 11 is 5.54. The van der Waals surface area contributed by atoms with E-state index in [1.165, 1.54) is 12.1 Å². The highest BCUT2D eigenvalue weighted by Gasteiger charge is 2.00. The lowest BCUT2D eigenvalue weighted by molar-refractivity contribution is 0.0805. The molecule has 1 rings (SSSR count). The van der Waals surface area contributed by atoms with Crippen molar-refractivity contribution in [2.24, 2.45) is 0 Å². The maximum absolute atomic E-state index is 13.4. The predicted molar refractivity (Wildman–Crippen MR) is 81.4 cm³/mol. The lowest BCUT2D eigenvalue weighted by atomic mass is 10.2. The first-order chi connectivity index (χ1) is 10.3. The monoisotopic (exact) mass is 314 g/mol. The molecule has 1 aromatic rings. The number of benzene rings is 1. The largest absolute Gasteiger partial charge is 0.491 e. The minimum atomic E-state index is -0.372. The molecule has 116 valence electrons. The van der Waals surface area contributed by atoms with Gasteiger partial charge in [-0.05, 0) is 18.6 Å². The van der Waals surface area contributed by atoms with Crippen LogP contribution in [0.3, 0.4) is 0 Å². The number of methoxy groups -OCH3 is 1. The van der Waals surface area contributed by atoms with Gasteiger partial charge in [0, 0.05) is 44.3 Å². The molecule has 0 heterocycles. The third-order valence-electron chi connectivity index (χ3n) is 2.46. The third kappa shape index (κ3) is 8.56. The first-order valence-electron chi connectivity index (χ1n) is 6.81. The average Bonchev–Trinajstić information content (AvgIpc) is 2.46. The van der Waals surface area contributed by atoms with Crippen LogP contribution in [0.15, 0.2) is 18.2 Å². The Morgan fingerprint density at radius 3 is 2.76 bits per heavy atom. The number of ether oxygens (including phenoxy) is 3. The van der Waals surface area contributed by atoms with Crippen molar-refractivity contribution in [2.45, 2.75) is 12.8 Å². The molecule has 0 bridgehead atoms. The molecule has 3 nitrogen and oxygen atoms in total. The van der Waals surface area contributed by atoms with E-state index in [9.17, 15) is 4.39 Å². The molecule has 21 heavy (non-hydrogen) atoms. The van der Waals surface area contributed by atoms with Crippen LogP contribution in [0.4, 0.5) is 4.39 Å².